The highest BCUT2D eigenvalue weighted by Gasteiger charge is 2.15. The first kappa shape index (κ1) is 13.9. The molecule has 0 fully saturated rings. The molecule has 0 aliphatic carbocycles. The fourth-order valence-corrected chi connectivity index (χ4v) is 2.19. The van der Waals surface area contributed by atoms with E-state index in [2.05, 4.69) is 15.9 Å². The standard InChI is InChI=1S/C12H10BrClN2O3/c13-8-1-2-10(9(14)5-8)19-6-7-3-4-18-11(7)12(17)16-15/h1-5H,6,15H2,(H,16,17). The fourth-order valence-electron chi connectivity index (χ4n) is 1.46. The fraction of sp³-hybridized carbons (Fsp3) is 0.0833. The van der Waals surface area contributed by atoms with Crippen LogP contribution >= 0.6 is 27.5 Å². The first-order chi connectivity index (χ1) is 9.11. The molecule has 3 N–H and O–H groups in total. The molecule has 1 aromatic heterocycles. The highest BCUT2D eigenvalue weighted by atomic mass is 79.9. The molecule has 0 spiro atoms. The van der Waals surface area contributed by atoms with Gasteiger partial charge in [0.1, 0.15) is 12.4 Å². The van der Waals surface area contributed by atoms with Gasteiger partial charge >= 0.3 is 5.91 Å². The van der Waals surface area contributed by atoms with Crippen molar-refractivity contribution in [3.8, 4) is 5.75 Å². The topological polar surface area (TPSA) is 77.5 Å². The van der Waals surface area contributed by atoms with Gasteiger partial charge in [0.2, 0.25) is 0 Å². The van der Waals surface area contributed by atoms with Crippen LogP contribution < -0.4 is 16.0 Å². The number of nitrogen functional groups attached to an aromatic ring is 1. The molecule has 1 amide bonds. The third-order valence-electron chi connectivity index (χ3n) is 2.36. The summed E-state index contributed by atoms with van der Waals surface area (Å²) in [6.07, 6.45) is 1.40. The molecule has 2 aromatic rings. The Balaban J connectivity index is 2.10. The van der Waals surface area contributed by atoms with E-state index in [1.165, 1.54) is 6.26 Å². The molecule has 0 aliphatic rings. The number of hydrazine groups is 1. The van der Waals surface area contributed by atoms with E-state index in [4.69, 9.17) is 26.6 Å². The van der Waals surface area contributed by atoms with Crippen LogP contribution in [0.1, 0.15) is 16.1 Å². The van der Waals surface area contributed by atoms with Gasteiger partial charge in [-0.2, -0.15) is 0 Å². The quantitative estimate of drug-likeness (QED) is 0.507. The lowest BCUT2D eigenvalue weighted by molar-refractivity contribution is 0.0922. The van der Waals surface area contributed by atoms with E-state index in [9.17, 15) is 4.79 Å². The summed E-state index contributed by atoms with van der Waals surface area (Å²) >= 11 is 9.33. The zero-order valence-electron chi connectivity index (χ0n) is 9.65. The number of rotatable bonds is 4. The molecule has 7 heteroatoms. The Bertz CT molecular complexity index is 600. The maximum atomic E-state index is 11.4. The number of ether oxygens (including phenoxy) is 1. The molecule has 0 saturated heterocycles. The third kappa shape index (κ3) is 3.28. The zero-order chi connectivity index (χ0) is 13.8. The average molecular weight is 346 g/mol. The van der Waals surface area contributed by atoms with Gasteiger partial charge in [-0.05, 0) is 24.3 Å². The Hall–Kier alpha value is -1.50. The smallest absolute Gasteiger partial charge is 0.301 e. The number of furan rings is 1. The minimum absolute atomic E-state index is 0.121. The van der Waals surface area contributed by atoms with Crippen molar-refractivity contribution in [2.75, 3.05) is 0 Å². The lowest BCUT2D eigenvalue weighted by Crippen LogP contribution is -2.30. The number of nitrogens with one attached hydrogen (secondary N) is 1. The molecule has 1 heterocycles. The monoisotopic (exact) mass is 344 g/mol. The van der Waals surface area contributed by atoms with Crippen LogP contribution in [0.25, 0.3) is 0 Å². The van der Waals surface area contributed by atoms with Crippen LogP contribution in [0.15, 0.2) is 39.4 Å². The second-order valence-electron chi connectivity index (χ2n) is 3.61. The van der Waals surface area contributed by atoms with Crippen LogP contribution in [0, 0.1) is 0 Å². The predicted molar refractivity (Wildman–Crippen MR) is 73.8 cm³/mol. The summed E-state index contributed by atoms with van der Waals surface area (Å²) in [5.41, 5.74) is 2.59. The zero-order valence-corrected chi connectivity index (χ0v) is 12.0. The van der Waals surface area contributed by atoms with Crippen LogP contribution in [-0.2, 0) is 6.61 Å². The summed E-state index contributed by atoms with van der Waals surface area (Å²) in [5, 5.41) is 0.475. The number of hydrogen-bond acceptors (Lipinski definition) is 4. The van der Waals surface area contributed by atoms with Gasteiger partial charge in [-0.25, -0.2) is 5.84 Å². The van der Waals surface area contributed by atoms with Gasteiger partial charge in [-0.15, -0.1) is 0 Å². The van der Waals surface area contributed by atoms with Crippen molar-refractivity contribution >= 4 is 33.4 Å². The van der Waals surface area contributed by atoms with Crippen molar-refractivity contribution in [3.63, 3.8) is 0 Å². The Morgan fingerprint density at radius 3 is 2.95 bits per heavy atom. The predicted octanol–water partition coefficient (Wildman–Crippen LogP) is 2.88. The Kier molecular flexibility index (Phi) is 4.47. The molecule has 0 radical (unpaired) electrons. The molecule has 0 unspecified atom stereocenters. The molecule has 100 valence electrons. The lowest BCUT2D eigenvalue weighted by atomic mass is 10.2. The maximum Gasteiger partial charge on any atom is 0.301 e. The number of nitrogens with two attached hydrogens (primary N) is 1. The van der Waals surface area contributed by atoms with Gasteiger partial charge in [0.25, 0.3) is 0 Å². The highest BCUT2D eigenvalue weighted by molar-refractivity contribution is 9.10. The van der Waals surface area contributed by atoms with Gasteiger partial charge in [-0.3, -0.25) is 10.2 Å². The summed E-state index contributed by atoms with van der Waals surface area (Å²) in [4.78, 5) is 11.4. The van der Waals surface area contributed by atoms with E-state index in [1.54, 1.807) is 18.2 Å². The first-order valence-corrected chi connectivity index (χ1v) is 6.44. The van der Waals surface area contributed by atoms with Crippen LogP contribution in [0.3, 0.4) is 0 Å². The van der Waals surface area contributed by atoms with Crippen molar-refractivity contribution in [1.82, 2.24) is 5.43 Å². The van der Waals surface area contributed by atoms with Gasteiger partial charge < -0.3 is 9.15 Å². The van der Waals surface area contributed by atoms with E-state index in [0.29, 0.717) is 16.3 Å². The highest BCUT2D eigenvalue weighted by Crippen LogP contribution is 2.28. The average Bonchev–Trinajstić information content (AvgIpc) is 2.85. The normalized spacial score (nSPS) is 10.3. The number of benzene rings is 1. The van der Waals surface area contributed by atoms with Crippen molar-refractivity contribution in [2.24, 2.45) is 5.84 Å². The summed E-state index contributed by atoms with van der Waals surface area (Å²) in [5.74, 6) is 5.18. The van der Waals surface area contributed by atoms with E-state index < -0.39 is 5.91 Å². The first-order valence-electron chi connectivity index (χ1n) is 5.27. The molecule has 0 atom stereocenters. The molecule has 5 nitrogen and oxygen atoms in total. The molecule has 0 bridgehead atoms. The Labute approximate surface area is 122 Å². The molecule has 0 aliphatic heterocycles. The number of carbonyl (C=O) groups is 1. The van der Waals surface area contributed by atoms with E-state index in [1.807, 2.05) is 11.5 Å². The van der Waals surface area contributed by atoms with Crippen molar-refractivity contribution < 1.29 is 13.9 Å². The summed E-state index contributed by atoms with van der Waals surface area (Å²) in [6, 6.07) is 6.90. The van der Waals surface area contributed by atoms with Crippen LogP contribution in [0.4, 0.5) is 0 Å². The van der Waals surface area contributed by atoms with Crippen molar-refractivity contribution in [2.45, 2.75) is 6.61 Å². The third-order valence-corrected chi connectivity index (χ3v) is 3.15. The van der Waals surface area contributed by atoms with Crippen molar-refractivity contribution in [3.05, 3.63) is 51.3 Å². The van der Waals surface area contributed by atoms with Gasteiger partial charge in [-0.1, -0.05) is 27.5 Å². The SMILES string of the molecule is NNC(=O)c1occc1COc1ccc(Br)cc1Cl. The van der Waals surface area contributed by atoms with E-state index >= 15 is 0 Å². The maximum absolute atomic E-state index is 11.4. The van der Waals surface area contributed by atoms with Gasteiger partial charge in [0.15, 0.2) is 5.76 Å². The van der Waals surface area contributed by atoms with Crippen molar-refractivity contribution in [1.29, 1.82) is 0 Å². The Morgan fingerprint density at radius 2 is 2.26 bits per heavy atom. The lowest BCUT2D eigenvalue weighted by Gasteiger charge is -2.08. The summed E-state index contributed by atoms with van der Waals surface area (Å²) in [6.45, 7) is 0.153. The molecule has 2 rings (SSSR count). The number of halogens is 2. The number of amides is 1. The minimum atomic E-state index is -0.509. The number of hydrogen-bond donors (Lipinski definition) is 2. The summed E-state index contributed by atoms with van der Waals surface area (Å²) in [7, 11) is 0. The number of carbonyl (C=O) groups excluding carboxylic acids is 1. The molecule has 19 heavy (non-hydrogen) atoms. The largest absolute Gasteiger partial charge is 0.487 e. The summed E-state index contributed by atoms with van der Waals surface area (Å²) < 4.78 is 11.4. The second kappa shape index (κ2) is 6.10. The van der Waals surface area contributed by atoms with E-state index in [-0.39, 0.29) is 12.4 Å². The minimum Gasteiger partial charge on any atom is -0.487 e. The molecule has 1 aromatic carbocycles. The molecular formula is C12H10BrClN2O3. The van der Waals surface area contributed by atoms with Crippen LogP contribution in [0.2, 0.25) is 5.02 Å². The van der Waals surface area contributed by atoms with Gasteiger partial charge in [0, 0.05) is 10.0 Å². The molecule has 0 saturated carbocycles. The molecular weight excluding hydrogens is 336 g/mol. The van der Waals surface area contributed by atoms with Crippen LogP contribution in [-0.4, -0.2) is 5.91 Å². The Morgan fingerprint density at radius 1 is 1.47 bits per heavy atom. The van der Waals surface area contributed by atoms with Gasteiger partial charge in [0.05, 0.1) is 11.3 Å². The van der Waals surface area contributed by atoms with E-state index in [0.717, 1.165) is 4.47 Å². The van der Waals surface area contributed by atoms with Crippen LogP contribution in [0.5, 0.6) is 5.75 Å². The second-order valence-corrected chi connectivity index (χ2v) is 4.93.